The number of halogens is 1. The van der Waals surface area contributed by atoms with Crippen molar-refractivity contribution in [3.8, 4) is 0 Å². The van der Waals surface area contributed by atoms with E-state index in [0.717, 1.165) is 24.5 Å². The fourth-order valence-electron chi connectivity index (χ4n) is 2.05. The van der Waals surface area contributed by atoms with Gasteiger partial charge < -0.3 is 16.0 Å². The molecule has 1 aliphatic carbocycles. The van der Waals surface area contributed by atoms with Crippen molar-refractivity contribution in [2.45, 2.75) is 32.2 Å². The average Bonchev–Trinajstić information content (AvgIpc) is 3.31. The molecule has 0 aliphatic heterocycles. The van der Waals surface area contributed by atoms with Gasteiger partial charge in [-0.25, -0.2) is 0 Å². The topological polar surface area (TPSA) is 65.5 Å². The molecule has 0 bridgehead atoms. The summed E-state index contributed by atoms with van der Waals surface area (Å²) in [5.74, 6) is 0.839. The molecule has 1 aromatic carbocycles. The number of carbonyl (C=O) groups is 1. The van der Waals surface area contributed by atoms with Gasteiger partial charge in [0.25, 0.3) is 5.91 Å². The minimum Gasteiger partial charge on any atom is -0.357 e. The van der Waals surface area contributed by atoms with Crippen LogP contribution in [-0.4, -0.2) is 38.0 Å². The highest BCUT2D eigenvalue weighted by atomic mass is 127. The third-order valence-electron chi connectivity index (χ3n) is 3.35. The summed E-state index contributed by atoms with van der Waals surface area (Å²) in [6.45, 7) is 3.64. The van der Waals surface area contributed by atoms with Gasteiger partial charge in [0.15, 0.2) is 5.96 Å². The maximum absolute atomic E-state index is 11.6. The van der Waals surface area contributed by atoms with Crippen LogP contribution in [0, 0.1) is 0 Å². The van der Waals surface area contributed by atoms with Crippen LogP contribution >= 0.6 is 24.0 Å². The van der Waals surface area contributed by atoms with Gasteiger partial charge in [-0.15, -0.1) is 24.0 Å². The molecule has 1 amide bonds. The zero-order valence-corrected chi connectivity index (χ0v) is 15.5. The first-order chi connectivity index (χ1) is 10.2. The van der Waals surface area contributed by atoms with E-state index in [0.29, 0.717) is 18.2 Å². The van der Waals surface area contributed by atoms with Crippen LogP contribution in [0.3, 0.4) is 0 Å². The summed E-state index contributed by atoms with van der Waals surface area (Å²) >= 11 is 0. The Bertz CT molecular complexity index is 515. The normalized spacial score (nSPS) is 14.0. The minimum atomic E-state index is -0.0518. The molecule has 0 atom stereocenters. The van der Waals surface area contributed by atoms with E-state index in [1.165, 1.54) is 12.8 Å². The maximum atomic E-state index is 11.6. The second-order valence-corrected chi connectivity index (χ2v) is 5.21. The van der Waals surface area contributed by atoms with Gasteiger partial charge in [-0.2, -0.15) is 0 Å². The number of carbonyl (C=O) groups excluding carboxylic acids is 1. The van der Waals surface area contributed by atoms with Crippen LogP contribution < -0.4 is 16.0 Å². The van der Waals surface area contributed by atoms with Crippen molar-refractivity contribution < 1.29 is 4.79 Å². The van der Waals surface area contributed by atoms with Gasteiger partial charge in [0.1, 0.15) is 0 Å². The number of amides is 1. The van der Waals surface area contributed by atoms with E-state index in [-0.39, 0.29) is 29.9 Å². The Kier molecular flexibility index (Phi) is 8.22. The third kappa shape index (κ3) is 6.21. The number of hydrogen-bond donors (Lipinski definition) is 3. The van der Waals surface area contributed by atoms with Gasteiger partial charge in [-0.3, -0.25) is 9.79 Å². The molecule has 1 aromatic rings. The number of nitrogens with one attached hydrogen (secondary N) is 3. The van der Waals surface area contributed by atoms with Crippen LogP contribution in [-0.2, 0) is 6.42 Å². The van der Waals surface area contributed by atoms with Crippen molar-refractivity contribution in [1.29, 1.82) is 0 Å². The Morgan fingerprint density at radius 2 is 2.14 bits per heavy atom. The van der Waals surface area contributed by atoms with Crippen molar-refractivity contribution in [2.75, 3.05) is 20.1 Å². The molecule has 2 rings (SSSR count). The lowest BCUT2D eigenvalue weighted by Gasteiger charge is -2.10. The standard InChI is InChI=1S/C16H24N4O.HI/c1-3-18-16(20-14-7-8-14)19-10-9-12-5-4-6-13(11-12)15(21)17-2;/h4-6,11,14H,3,7-10H2,1-2H3,(H,17,21)(H2,18,19,20);1H. The van der Waals surface area contributed by atoms with Crippen LogP contribution in [0.4, 0.5) is 0 Å². The monoisotopic (exact) mass is 416 g/mol. The Balaban J connectivity index is 0.00000242. The van der Waals surface area contributed by atoms with E-state index in [9.17, 15) is 4.79 Å². The van der Waals surface area contributed by atoms with E-state index in [1.807, 2.05) is 24.3 Å². The van der Waals surface area contributed by atoms with E-state index >= 15 is 0 Å². The van der Waals surface area contributed by atoms with Crippen LogP contribution in [0.5, 0.6) is 0 Å². The van der Waals surface area contributed by atoms with Crippen LogP contribution in [0.2, 0.25) is 0 Å². The smallest absolute Gasteiger partial charge is 0.251 e. The number of benzene rings is 1. The molecule has 0 aromatic heterocycles. The van der Waals surface area contributed by atoms with Gasteiger partial charge in [-0.1, -0.05) is 12.1 Å². The van der Waals surface area contributed by atoms with Crippen LogP contribution in [0.15, 0.2) is 29.3 Å². The summed E-state index contributed by atoms with van der Waals surface area (Å²) in [4.78, 5) is 16.2. The molecule has 22 heavy (non-hydrogen) atoms. The Morgan fingerprint density at radius 3 is 2.77 bits per heavy atom. The first-order valence-corrected chi connectivity index (χ1v) is 7.58. The summed E-state index contributed by atoms with van der Waals surface area (Å²) in [7, 11) is 1.64. The zero-order chi connectivity index (χ0) is 15.1. The second kappa shape index (κ2) is 9.66. The largest absolute Gasteiger partial charge is 0.357 e. The molecule has 0 radical (unpaired) electrons. The number of guanidine groups is 1. The molecule has 1 saturated carbocycles. The molecule has 1 fully saturated rings. The SMILES string of the molecule is CCNC(=NCCc1cccc(C(=O)NC)c1)NC1CC1.I. The number of hydrogen-bond acceptors (Lipinski definition) is 2. The maximum Gasteiger partial charge on any atom is 0.251 e. The predicted molar refractivity (Wildman–Crippen MR) is 101 cm³/mol. The summed E-state index contributed by atoms with van der Waals surface area (Å²) in [6, 6.07) is 8.29. The first kappa shape index (κ1) is 18.7. The minimum absolute atomic E-state index is 0. The van der Waals surface area contributed by atoms with Crippen molar-refractivity contribution in [3.05, 3.63) is 35.4 Å². The number of nitrogens with zero attached hydrogens (tertiary/aromatic N) is 1. The Hall–Kier alpha value is -1.31. The summed E-state index contributed by atoms with van der Waals surface area (Å²) in [5.41, 5.74) is 1.82. The molecule has 122 valence electrons. The molecule has 0 spiro atoms. The zero-order valence-electron chi connectivity index (χ0n) is 13.2. The van der Waals surface area contributed by atoms with Gasteiger partial charge in [0.2, 0.25) is 0 Å². The van der Waals surface area contributed by atoms with E-state index in [2.05, 4.69) is 27.9 Å². The van der Waals surface area contributed by atoms with Crippen molar-refractivity contribution in [3.63, 3.8) is 0 Å². The van der Waals surface area contributed by atoms with Crippen LogP contribution in [0.1, 0.15) is 35.7 Å². The quantitative estimate of drug-likeness (QED) is 0.377. The molecule has 5 nitrogen and oxygen atoms in total. The number of rotatable bonds is 6. The Morgan fingerprint density at radius 1 is 1.36 bits per heavy atom. The van der Waals surface area contributed by atoms with Gasteiger partial charge >= 0.3 is 0 Å². The van der Waals surface area contributed by atoms with Crippen molar-refractivity contribution in [2.24, 2.45) is 4.99 Å². The van der Waals surface area contributed by atoms with Gasteiger partial charge in [-0.05, 0) is 43.9 Å². The molecule has 3 N–H and O–H groups in total. The lowest BCUT2D eigenvalue weighted by molar-refractivity contribution is 0.0963. The second-order valence-electron chi connectivity index (χ2n) is 5.21. The lowest BCUT2D eigenvalue weighted by atomic mass is 10.1. The molecule has 6 heteroatoms. The Labute approximate surface area is 149 Å². The summed E-state index contributed by atoms with van der Waals surface area (Å²) in [5, 5.41) is 9.29. The van der Waals surface area contributed by atoms with Gasteiger partial charge in [0.05, 0.1) is 0 Å². The summed E-state index contributed by atoms with van der Waals surface area (Å²) < 4.78 is 0. The highest BCUT2D eigenvalue weighted by Gasteiger charge is 2.21. The van der Waals surface area contributed by atoms with Gasteiger partial charge in [0, 0.05) is 31.7 Å². The first-order valence-electron chi connectivity index (χ1n) is 7.58. The van der Waals surface area contributed by atoms with E-state index < -0.39 is 0 Å². The molecule has 0 unspecified atom stereocenters. The van der Waals surface area contributed by atoms with Crippen molar-refractivity contribution >= 4 is 35.8 Å². The molecular formula is C16H25IN4O. The van der Waals surface area contributed by atoms with E-state index in [4.69, 9.17) is 0 Å². The highest BCUT2D eigenvalue weighted by molar-refractivity contribution is 14.0. The molecule has 1 aliphatic rings. The predicted octanol–water partition coefficient (Wildman–Crippen LogP) is 1.92. The highest BCUT2D eigenvalue weighted by Crippen LogP contribution is 2.18. The molecule has 0 heterocycles. The molecule has 0 saturated heterocycles. The molecular weight excluding hydrogens is 391 g/mol. The number of aliphatic imine (C=N–C) groups is 1. The average molecular weight is 416 g/mol. The van der Waals surface area contributed by atoms with E-state index in [1.54, 1.807) is 7.05 Å². The fraction of sp³-hybridized carbons (Fsp3) is 0.500. The van der Waals surface area contributed by atoms with Crippen LogP contribution in [0.25, 0.3) is 0 Å². The third-order valence-corrected chi connectivity index (χ3v) is 3.35. The van der Waals surface area contributed by atoms with Crippen molar-refractivity contribution in [1.82, 2.24) is 16.0 Å². The summed E-state index contributed by atoms with van der Waals surface area (Å²) in [6.07, 6.45) is 3.29. The lowest BCUT2D eigenvalue weighted by Crippen LogP contribution is -2.38. The fourth-order valence-corrected chi connectivity index (χ4v) is 2.05.